The molecular weight excluding hydrogens is 170 g/mol. The SMILES string of the molecule is COC(=O)N1CC(C)CCC1CO. The first kappa shape index (κ1) is 10.3. The Balaban J connectivity index is 2.59. The Morgan fingerprint density at radius 3 is 2.85 bits per heavy atom. The second kappa shape index (κ2) is 4.46. The van der Waals surface area contributed by atoms with Crippen LogP contribution >= 0.6 is 0 Å². The van der Waals surface area contributed by atoms with Crippen molar-refractivity contribution >= 4 is 6.09 Å². The highest BCUT2D eigenvalue weighted by molar-refractivity contribution is 5.68. The quantitative estimate of drug-likeness (QED) is 0.662. The molecule has 0 bridgehead atoms. The number of ether oxygens (including phenoxy) is 1. The van der Waals surface area contributed by atoms with Crippen LogP contribution in [0.2, 0.25) is 0 Å². The molecule has 76 valence electrons. The van der Waals surface area contributed by atoms with Crippen molar-refractivity contribution in [3.05, 3.63) is 0 Å². The Hall–Kier alpha value is -0.770. The molecule has 4 nitrogen and oxygen atoms in total. The van der Waals surface area contributed by atoms with Crippen molar-refractivity contribution in [1.29, 1.82) is 0 Å². The number of aliphatic hydroxyl groups excluding tert-OH is 1. The molecular formula is C9H17NO3. The van der Waals surface area contributed by atoms with Gasteiger partial charge in [0.15, 0.2) is 0 Å². The first-order valence-electron chi connectivity index (χ1n) is 4.64. The number of carbonyl (C=O) groups is 1. The van der Waals surface area contributed by atoms with Crippen LogP contribution in [0.3, 0.4) is 0 Å². The minimum atomic E-state index is -0.328. The fraction of sp³-hybridized carbons (Fsp3) is 0.889. The number of hydrogen-bond acceptors (Lipinski definition) is 3. The highest BCUT2D eigenvalue weighted by atomic mass is 16.5. The maximum absolute atomic E-state index is 11.3. The Kier molecular flexibility index (Phi) is 3.54. The van der Waals surface area contributed by atoms with Crippen LogP contribution in [0.4, 0.5) is 4.79 Å². The summed E-state index contributed by atoms with van der Waals surface area (Å²) < 4.78 is 4.65. The van der Waals surface area contributed by atoms with Crippen molar-refractivity contribution in [2.24, 2.45) is 5.92 Å². The summed E-state index contributed by atoms with van der Waals surface area (Å²) in [6.07, 6.45) is 1.61. The van der Waals surface area contributed by atoms with E-state index in [0.29, 0.717) is 12.5 Å². The lowest BCUT2D eigenvalue weighted by Gasteiger charge is -2.36. The van der Waals surface area contributed by atoms with Crippen molar-refractivity contribution in [3.63, 3.8) is 0 Å². The molecule has 0 aliphatic carbocycles. The monoisotopic (exact) mass is 187 g/mol. The minimum Gasteiger partial charge on any atom is -0.453 e. The third-order valence-electron chi connectivity index (χ3n) is 2.56. The summed E-state index contributed by atoms with van der Waals surface area (Å²) in [6.45, 7) is 2.82. The van der Waals surface area contributed by atoms with E-state index in [2.05, 4.69) is 11.7 Å². The molecule has 1 amide bonds. The second-order valence-electron chi connectivity index (χ2n) is 3.64. The summed E-state index contributed by atoms with van der Waals surface area (Å²) in [6, 6.07) is -0.0522. The molecule has 1 aliphatic heterocycles. The maximum Gasteiger partial charge on any atom is 0.409 e. The van der Waals surface area contributed by atoms with E-state index in [1.54, 1.807) is 4.90 Å². The molecule has 0 aromatic heterocycles. The van der Waals surface area contributed by atoms with Crippen LogP contribution in [0.1, 0.15) is 19.8 Å². The number of likely N-dealkylation sites (tertiary alicyclic amines) is 1. The van der Waals surface area contributed by atoms with Gasteiger partial charge < -0.3 is 14.7 Å². The van der Waals surface area contributed by atoms with Crippen molar-refractivity contribution in [2.75, 3.05) is 20.3 Å². The summed E-state index contributed by atoms with van der Waals surface area (Å²) in [5, 5.41) is 9.04. The molecule has 0 radical (unpaired) electrons. The van der Waals surface area contributed by atoms with E-state index in [9.17, 15) is 4.79 Å². The summed E-state index contributed by atoms with van der Waals surface area (Å²) >= 11 is 0. The third-order valence-corrected chi connectivity index (χ3v) is 2.56. The number of nitrogens with zero attached hydrogens (tertiary/aromatic N) is 1. The van der Waals surface area contributed by atoms with E-state index in [4.69, 9.17) is 5.11 Å². The predicted octanol–water partition coefficient (Wildman–Crippen LogP) is 0.846. The molecule has 0 spiro atoms. The Morgan fingerprint density at radius 2 is 2.31 bits per heavy atom. The van der Waals surface area contributed by atoms with Gasteiger partial charge >= 0.3 is 6.09 Å². The van der Waals surface area contributed by atoms with Crippen LogP contribution in [0.25, 0.3) is 0 Å². The summed E-state index contributed by atoms with van der Waals surface area (Å²) in [4.78, 5) is 12.9. The van der Waals surface area contributed by atoms with Crippen LogP contribution in [-0.4, -0.2) is 42.4 Å². The van der Waals surface area contributed by atoms with E-state index in [1.807, 2.05) is 0 Å². The van der Waals surface area contributed by atoms with Crippen LogP contribution in [0, 0.1) is 5.92 Å². The van der Waals surface area contributed by atoms with E-state index in [-0.39, 0.29) is 18.7 Å². The van der Waals surface area contributed by atoms with E-state index in [0.717, 1.165) is 12.8 Å². The molecule has 13 heavy (non-hydrogen) atoms. The third kappa shape index (κ3) is 2.34. The van der Waals surface area contributed by atoms with Gasteiger partial charge in [-0.1, -0.05) is 6.92 Å². The van der Waals surface area contributed by atoms with Crippen molar-refractivity contribution in [2.45, 2.75) is 25.8 Å². The number of amides is 1. The largest absolute Gasteiger partial charge is 0.453 e. The molecule has 1 heterocycles. The van der Waals surface area contributed by atoms with Crippen molar-refractivity contribution < 1.29 is 14.6 Å². The molecule has 0 saturated carbocycles. The second-order valence-corrected chi connectivity index (χ2v) is 3.64. The molecule has 1 saturated heterocycles. The lowest BCUT2D eigenvalue weighted by Crippen LogP contribution is -2.48. The highest BCUT2D eigenvalue weighted by Gasteiger charge is 2.29. The molecule has 1 aliphatic rings. The van der Waals surface area contributed by atoms with E-state index < -0.39 is 0 Å². The van der Waals surface area contributed by atoms with Crippen LogP contribution < -0.4 is 0 Å². The van der Waals surface area contributed by atoms with Gasteiger partial charge in [0.05, 0.1) is 19.8 Å². The molecule has 1 fully saturated rings. The molecule has 1 rings (SSSR count). The van der Waals surface area contributed by atoms with Gasteiger partial charge in [-0.05, 0) is 18.8 Å². The standard InChI is InChI=1S/C9H17NO3/c1-7-3-4-8(6-11)10(5-7)9(12)13-2/h7-8,11H,3-6H2,1-2H3. The van der Waals surface area contributed by atoms with Gasteiger partial charge in [-0.3, -0.25) is 0 Å². The van der Waals surface area contributed by atoms with E-state index >= 15 is 0 Å². The average Bonchev–Trinajstić information content (AvgIpc) is 2.16. The first-order chi connectivity index (χ1) is 6.19. The van der Waals surface area contributed by atoms with Crippen LogP contribution in [0.15, 0.2) is 0 Å². The number of aliphatic hydroxyl groups is 1. The Bertz CT molecular complexity index is 184. The van der Waals surface area contributed by atoms with Crippen molar-refractivity contribution in [1.82, 2.24) is 4.90 Å². The van der Waals surface area contributed by atoms with Gasteiger partial charge in [0, 0.05) is 6.54 Å². The van der Waals surface area contributed by atoms with Gasteiger partial charge in [-0.15, -0.1) is 0 Å². The van der Waals surface area contributed by atoms with Gasteiger partial charge in [0.25, 0.3) is 0 Å². The number of piperidine rings is 1. The molecule has 2 atom stereocenters. The lowest BCUT2D eigenvalue weighted by molar-refractivity contribution is 0.0521. The molecule has 4 heteroatoms. The molecule has 1 N–H and O–H groups in total. The fourth-order valence-corrected chi connectivity index (χ4v) is 1.74. The number of methoxy groups -OCH3 is 1. The summed E-state index contributed by atoms with van der Waals surface area (Å²) in [5.74, 6) is 0.502. The number of rotatable bonds is 1. The van der Waals surface area contributed by atoms with E-state index in [1.165, 1.54) is 7.11 Å². The molecule has 0 aromatic rings. The summed E-state index contributed by atoms with van der Waals surface area (Å²) in [7, 11) is 1.37. The van der Waals surface area contributed by atoms with Gasteiger partial charge in [-0.25, -0.2) is 4.79 Å². The van der Waals surface area contributed by atoms with Crippen molar-refractivity contribution in [3.8, 4) is 0 Å². The van der Waals surface area contributed by atoms with Crippen LogP contribution in [0.5, 0.6) is 0 Å². The Morgan fingerprint density at radius 1 is 1.62 bits per heavy atom. The zero-order valence-corrected chi connectivity index (χ0v) is 8.19. The zero-order chi connectivity index (χ0) is 9.84. The molecule has 2 unspecified atom stereocenters. The zero-order valence-electron chi connectivity index (χ0n) is 8.19. The fourth-order valence-electron chi connectivity index (χ4n) is 1.74. The smallest absolute Gasteiger partial charge is 0.409 e. The van der Waals surface area contributed by atoms with Crippen LogP contribution in [-0.2, 0) is 4.74 Å². The average molecular weight is 187 g/mol. The first-order valence-corrected chi connectivity index (χ1v) is 4.64. The number of hydrogen-bond donors (Lipinski definition) is 1. The lowest BCUT2D eigenvalue weighted by atomic mass is 9.95. The minimum absolute atomic E-state index is 0.0296. The maximum atomic E-state index is 11.3. The number of carbonyl (C=O) groups excluding carboxylic acids is 1. The molecule has 0 aromatic carbocycles. The highest BCUT2D eigenvalue weighted by Crippen LogP contribution is 2.21. The predicted molar refractivity (Wildman–Crippen MR) is 48.4 cm³/mol. The van der Waals surface area contributed by atoms with Gasteiger partial charge in [0.1, 0.15) is 0 Å². The normalized spacial score (nSPS) is 28.7. The summed E-state index contributed by atoms with van der Waals surface area (Å²) in [5.41, 5.74) is 0. The van der Waals surface area contributed by atoms with Gasteiger partial charge in [0.2, 0.25) is 0 Å². The topological polar surface area (TPSA) is 49.8 Å². The Labute approximate surface area is 78.5 Å². The van der Waals surface area contributed by atoms with Gasteiger partial charge in [-0.2, -0.15) is 0 Å².